The molecule has 5 heteroatoms. The lowest BCUT2D eigenvalue weighted by atomic mass is 10.2. The summed E-state index contributed by atoms with van der Waals surface area (Å²) in [5.41, 5.74) is 0.369. The van der Waals surface area contributed by atoms with Crippen LogP contribution in [-0.2, 0) is 11.3 Å². The standard InChI is InChI=1S/C16H22F2N2O/c1-11(2)19-8-7-16(21)20(14-5-6-14)10-12-3-4-13(17)9-15(12)18/h3-4,9,11,14,19H,5-8,10H2,1-2H3. The maximum Gasteiger partial charge on any atom is 0.224 e. The second-order valence-electron chi connectivity index (χ2n) is 5.85. The molecule has 1 amide bonds. The molecule has 0 saturated heterocycles. The number of hydrogen-bond donors (Lipinski definition) is 1. The van der Waals surface area contributed by atoms with Crippen molar-refractivity contribution in [3.8, 4) is 0 Å². The Bertz CT molecular complexity index is 501. The Kier molecular flexibility index (Phi) is 5.28. The van der Waals surface area contributed by atoms with E-state index in [0.717, 1.165) is 18.9 Å². The van der Waals surface area contributed by atoms with Crippen molar-refractivity contribution in [2.75, 3.05) is 6.54 Å². The number of halogens is 2. The molecular weight excluding hydrogens is 274 g/mol. The van der Waals surface area contributed by atoms with Crippen molar-refractivity contribution in [2.45, 2.75) is 51.7 Å². The van der Waals surface area contributed by atoms with Gasteiger partial charge in [0.25, 0.3) is 0 Å². The summed E-state index contributed by atoms with van der Waals surface area (Å²) in [5, 5.41) is 3.20. The monoisotopic (exact) mass is 296 g/mol. The summed E-state index contributed by atoms with van der Waals surface area (Å²) in [6.45, 7) is 4.89. The first-order chi connectivity index (χ1) is 9.97. The van der Waals surface area contributed by atoms with E-state index in [1.165, 1.54) is 12.1 Å². The van der Waals surface area contributed by atoms with Crippen molar-refractivity contribution in [3.05, 3.63) is 35.4 Å². The highest BCUT2D eigenvalue weighted by Gasteiger charge is 2.32. The zero-order valence-electron chi connectivity index (χ0n) is 12.5. The highest BCUT2D eigenvalue weighted by atomic mass is 19.1. The van der Waals surface area contributed by atoms with Crippen molar-refractivity contribution in [3.63, 3.8) is 0 Å². The first-order valence-corrected chi connectivity index (χ1v) is 7.44. The zero-order chi connectivity index (χ0) is 15.4. The number of hydrogen-bond acceptors (Lipinski definition) is 2. The van der Waals surface area contributed by atoms with E-state index in [1.807, 2.05) is 13.8 Å². The zero-order valence-corrected chi connectivity index (χ0v) is 12.5. The Morgan fingerprint density at radius 1 is 1.38 bits per heavy atom. The van der Waals surface area contributed by atoms with Crippen LogP contribution < -0.4 is 5.32 Å². The summed E-state index contributed by atoms with van der Waals surface area (Å²) in [4.78, 5) is 14.0. The summed E-state index contributed by atoms with van der Waals surface area (Å²) < 4.78 is 26.7. The Labute approximate surface area is 124 Å². The van der Waals surface area contributed by atoms with Crippen LogP contribution in [0.2, 0.25) is 0 Å². The van der Waals surface area contributed by atoms with Crippen molar-refractivity contribution in [1.29, 1.82) is 0 Å². The van der Waals surface area contributed by atoms with Crippen LogP contribution in [0.25, 0.3) is 0 Å². The molecule has 0 aromatic heterocycles. The van der Waals surface area contributed by atoms with Gasteiger partial charge in [-0.2, -0.15) is 0 Å². The van der Waals surface area contributed by atoms with Gasteiger partial charge >= 0.3 is 0 Å². The fourth-order valence-corrected chi connectivity index (χ4v) is 2.25. The Hall–Kier alpha value is -1.49. The Morgan fingerprint density at radius 3 is 2.67 bits per heavy atom. The molecule has 0 atom stereocenters. The minimum Gasteiger partial charge on any atom is -0.335 e. The number of amides is 1. The molecule has 0 bridgehead atoms. The molecule has 1 N–H and O–H groups in total. The molecule has 1 aromatic rings. The molecule has 1 aromatic carbocycles. The SMILES string of the molecule is CC(C)NCCC(=O)N(Cc1ccc(F)cc1F)C1CC1. The van der Waals surface area contributed by atoms with Crippen LogP contribution in [0.1, 0.15) is 38.7 Å². The van der Waals surface area contributed by atoms with Gasteiger partial charge in [0, 0.05) is 43.2 Å². The molecule has 0 aliphatic heterocycles. The van der Waals surface area contributed by atoms with Gasteiger partial charge in [-0.15, -0.1) is 0 Å². The van der Waals surface area contributed by atoms with Crippen molar-refractivity contribution in [2.24, 2.45) is 0 Å². The summed E-state index contributed by atoms with van der Waals surface area (Å²) in [6.07, 6.45) is 2.33. The lowest BCUT2D eigenvalue weighted by molar-refractivity contribution is -0.132. The summed E-state index contributed by atoms with van der Waals surface area (Å²) >= 11 is 0. The van der Waals surface area contributed by atoms with Crippen molar-refractivity contribution in [1.82, 2.24) is 10.2 Å². The average molecular weight is 296 g/mol. The minimum absolute atomic E-state index is 0.0226. The number of nitrogens with one attached hydrogen (secondary N) is 1. The first-order valence-electron chi connectivity index (χ1n) is 7.44. The van der Waals surface area contributed by atoms with E-state index in [-0.39, 0.29) is 18.5 Å². The minimum atomic E-state index is -0.596. The fourth-order valence-electron chi connectivity index (χ4n) is 2.25. The molecule has 1 saturated carbocycles. The second kappa shape index (κ2) is 6.98. The third kappa shape index (κ3) is 4.77. The van der Waals surface area contributed by atoms with Gasteiger partial charge in [-0.3, -0.25) is 4.79 Å². The van der Waals surface area contributed by atoms with Crippen LogP contribution in [0.3, 0.4) is 0 Å². The molecule has 116 valence electrons. The molecule has 21 heavy (non-hydrogen) atoms. The third-order valence-electron chi connectivity index (χ3n) is 3.56. The quantitative estimate of drug-likeness (QED) is 0.839. The highest BCUT2D eigenvalue weighted by molar-refractivity contribution is 5.77. The lowest BCUT2D eigenvalue weighted by Gasteiger charge is -2.23. The molecule has 3 nitrogen and oxygen atoms in total. The van der Waals surface area contributed by atoms with Gasteiger partial charge in [0.1, 0.15) is 11.6 Å². The number of carbonyl (C=O) groups is 1. The van der Waals surface area contributed by atoms with E-state index in [2.05, 4.69) is 5.32 Å². The van der Waals surface area contributed by atoms with Gasteiger partial charge < -0.3 is 10.2 Å². The van der Waals surface area contributed by atoms with Crippen LogP contribution in [0.15, 0.2) is 18.2 Å². The van der Waals surface area contributed by atoms with Crippen LogP contribution in [0.5, 0.6) is 0 Å². The Balaban J connectivity index is 1.97. The van der Waals surface area contributed by atoms with E-state index in [0.29, 0.717) is 24.6 Å². The van der Waals surface area contributed by atoms with E-state index >= 15 is 0 Å². The summed E-state index contributed by atoms with van der Waals surface area (Å²) in [5.74, 6) is -1.16. The number of rotatable bonds is 7. The Morgan fingerprint density at radius 2 is 2.10 bits per heavy atom. The predicted octanol–water partition coefficient (Wildman–Crippen LogP) is 2.84. The van der Waals surface area contributed by atoms with Crippen LogP contribution in [0, 0.1) is 11.6 Å². The van der Waals surface area contributed by atoms with Crippen molar-refractivity contribution < 1.29 is 13.6 Å². The molecule has 0 heterocycles. The predicted molar refractivity (Wildman–Crippen MR) is 77.7 cm³/mol. The normalized spacial score (nSPS) is 14.5. The van der Waals surface area contributed by atoms with E-state index in [4.69, 9.17) is 0 Å². The van der Waals surface area contributed by atoms with E-state index in [1.54, 1.807) is 4.90 Å². The second-order valence-corrected chi connectivity index (χ2v) is 5.85. The molecule has 0 unspecified atom stereocenters. The first kappa shape index (κ1) is 15.9. The van der Waals surface area contributed by atoms with Crippen LogP contribution >= 0.6 is 0 Å². The van der Waals surface area contributed by atoms with Crippen LogP contribution in [0.4, 0.5) is 8.78 Å². The number of nitrogens with zero attached hydrogens (tertiary/aromatic N) is 1. The van der Waals surface area contributed by atoms with Gasteiger partial charge in [-0.05, 0) is 18.9 Å². The molecule has 1 aliphatic carbocycles. The lowest BCUT2D eigenvalue weighted by Crippen LogP contribution is -2.35. The summed E-state index contributed by atoms with van der Waals surface area (Å²) in [7, 11) is 0. The van der Waals surface area contributed by atoms with Gasteiger partial charge in [-0.25, -0.2) is 8.78 Å². The molecule has 0 radical (unpaired) electrons. The van der Waals surface area contributed by atoms with Gasteiger partial charge in [0.05, 0.1) is 0 Å². The maximum atomic E-state index is 13.7. The molecule has 2 rings (SSSR count). The smallest absolute Gasteiger partial charge is 0.224 e. The largest absolute Gasteiger partial charge is 0.335 e. The maximum absolute atomic E-state index is 13.7. The fraction of sp³-hybridized carbons (Fsp3) is 0.562. The molecular formula is C16H22F2N2O. The third-order valence-corrected chi connectivity index (χ3v) is 3.56. The van der Waals surface area contributed by atoms with Crippen LogP contribution in [-0.4, -0.2) is 29.4 Å². The molecule has 1 aliphatic rings. The highest BCUT2D eigenvalue weighted by Crippen LogP contribution is 2.29. The molecule has 0 spiro atoms. The van der Waals surface area contributed by atoms with E-state index in [9.17, 15) is 13.6 Å². The van der Waals surface area contributed by atoms with Gasteiger partial charge in [0.15, 0.2) is 0 Å². The van der Waals surface area contributed by atoms with Gasteiger partial charge in [0.2, 0.25) is 5.91 Å². The number of benzene rings is 1. The van der Waals surface area contributed by atoms with E-state index < -0.39 is 11.6 Å². The number of carbonyl (C=O) groups excluding carboxylic acids is 1. The topological polar surface area (TPSA) is 32.3 Å². The summed E-state index contributed by atoms with van der Waals surface area (Å²) in [6, 6.07) is 4.06. The van der Waals surface area contributed by atoms with Gasteiger partial charge in [-0.1, -0.05) is 19.9 Å². The molecule has 1 fully saturated rings. The average Bonchev–Trinajstić information content (AvgIpc) is 3.21. The van der Waals surface area contributed by atoms with Crippen molar-refractivity contribution >= 4 is 5.91 Å².